The van der Waals surface area contributed by atoms with E-state index in [0.717, 1.165) is 21.8 Å². The zero-order valence-electron chi connectivity index (χ0n) is 12.2. The van der Waals surface area contributed by atoms with Crippen molar-refractivity contribution < 1.29 is 17.2 Å². The minimum absolute atomic E-state index is 0.0650. The average molecular weight is 358 g/mol. The van der Waals surface area contributed by atoms with Crippen LogP contribution in [0.5, 0.6) is 0 Å². The number of hydrogen-bond donors (Lipinski definition) is 0. The van der Waals surface area contributed by atoms with Gasteiger partial charge in [-0.2, -0.15) is 4.31 Å². The van der Waals surface area contributed by atoms with Crippen molar-refractivity contribution in [1.29, 1.82) is 0 Å². The summed E-state index contributed by atoms with van der Waals surface area (Å²) in [6, 6.07) is 9.96. The average Bonchev–Trinajstić information content (AvgIpc) is 2.50. The molecule has 0 heterocycles. The minimum Gasteiger partial charge on any atom is -0.208 e. The molecule has 0 aliphatic heterocycles. The zero-order valence-corrected chi connectivity index (χ0v) is 13.8. The first-order valence-electron chi connectivity index (χ1n) is 6.62. The predicted molar refractivity (Wildman–Crippen MR) is 87.2 cm³/mol. The molecule has 2 aromatic rings. The van der Waals surface area contributed by atoms with Crippen molar-refractivity contribution in [2.24, 2.45) is 0 Å². The van der Waals surface area contributed by atoms with E-state index in [4.69, 9.17) is 11.6 Å². The molecule has 0 amide bonds. The van der Waals surface area contributed by atoms with Crippen LogP contribution in [0.25, 0.3) is 6.08 Å². The quantitative estimate of drug-likeness (QED) is 0.809. The minimum atomic E-state index is -3.69. The molecular weight excluding hydrogens is 344 g/mol. The molecule has 0 spiro atoms. The molecule has 0 atom stereocenters. The van der Waals surface area contributed by atoms with E-state index in [0.29, 0.717) is 16.1 Å². The van der Waals surface area contributed by atoms with Gasteiger partial charge in [0, 0.05) is 24.0 Å². The summed E-state index contributed by atoms with van der Waals surface area (Å²) in [6.07, 6.45) is 1.44. The van der Waals surface area contributed by atoms with Crippen LogP contribution < -0.4 is 0 Å². The van der Waals surface area contributed by atoms with Crippen molar-refractivity contribution in [3.05, 3.63) is 75.7 Å². The van der Waals surface area contributed by atoms with Crippen molar-refractivity contribution in [2.75, 3.05) is 7.05 Å². The van der Waals surface area contributed by atoms with Gasteiger partial charge in [-0.05, 0) is 41.5 Å². The largest absolute Gasteiger partial charge is 0.236 e. The van der Waals surface area contributed by atoms with E-state index in [1.807, 2.05) is 0 Å². The van der Waals surface area contributed by atoms with Gasteiger partial charge in [0.1, 0.15) is 0 Å². The third-order valence-electron chi connectivity index (χ3n) is 3.13. The highest BCUT2D eigenvalue weighted by Gasteiger charge is 2.15. The van der Waals surface area contributed by atoms with Crippen LogP contribution in [0.2, 0.25) is 5.02 Å². The van der Waals surface area contributed by atoms with Crippen LogP contribution >= 0.6 is 11.6 Å². The van der Waals surface area contributed by atoms with Gasteiger partial charge in [-0.15, -0.1) is 0 Å². The van der Waals surface area contributed by atoms with Crippen LogP contribution in [-0.4, -0.2) is 19.8 Å². The van der Waals surface area contributed by atoms with Crippen molar-refractivity contribution in [3.63, 3.8) is 0 Å². The molecule has 0 bridgehead atoms. The molecule has 3 nitrogen and oxygen atoms in total. The second-order valence-electron chi connectivity index (χ2n) is 4.90. The second-order valence-corrected chi connectivity index (χ2v) is 7.27. The summed E-state index contributed by atoms with van der Waals surface area (Å²) in [5, 5.41) is 1.61. The number of halogens is 3. The van der Waals surface area contributed by atoms with E-state index >= 15 is 0 Å². The molecule has 0 aliphatic carbocycles. The number of rotatable bonds is 5. The van der Waals surface area contributed by atoms with E-state index < -0.39 is 21.7 Å². The van der Waals surface area contributed by atoms with Gasteiger partial charge in [0.05, 0.1) is 0 Å². The van der Waals surface area contributed by atoms with Crippen molar-refractivity contribution in [3.8, 4) is 0 Å². The molecule has 122 valence electrons. The first-order valence-corrected chi connectivity index (χ1v) is 8.50. The van der Waals surface area contributed by atoms with Crippen molar-refractivity contribution in [1.82, 2.24) is 4.31 Å². The molecule has 0 saturated carbocycles. The van der Waals surface area contributed by atoms with E-state index in [1.54, 1.807) is 24.3 Å². The molecule has 2 rings (SSSR count). The summed E-state index contributed by atoms with van der Waals surface area (Å²) in [6.45, 7) is -0.0650. The Hall–Kier alpha value is -1.76. The monoisotopic (exact) mass is 357 g/mol. The Kier molecular flexibility index (Phi) is 5.51. The first-order chi connectivity index (χ1) is 10.8. The Bertz CT molecular complexity index is 820. The maximum Gasteiger partial charge on any atom is 0.236 e. The lowest BCUT2D eigenvalue weighted by atomic mass is 10.2. The highest BCUT2D eigenvalue weighted by molar-refractivity contribution is 7.92. The summed E-state index contributed by atoms with van der Waals surface area (Å²) < 4.78 is 51.4. The molecule has 0 N–H and O–H groups in total. The standard InChI is InChI=1S/C16H14ClF2NO2S/c1-20(11-13-4-7-15(18)16(19)10-13)23(21,22)9-8-12-2-5-14(17)6-3-12/h2-10H,11H2,1H3/b9-8+. The van der Waals surface area contributed by atoms with Gasteiger partial charge in [0.25, 0.3) is 0 Å². The normalized spacial score (nSPS) is 12.2. The van der Waals surface area contributed by atoms with Crippen molar-refractivity contribution in [2.45, 2.75) is 6.54 Å². The Morgan fingerprint density at radius 1 is 1.09 bits per heavy atom. The molecule has 23 heavy (non-hydrogen) atoms. The lowest BCUT2D eigenvalue weighted by molar-refractivity contribution is 0.469. The van der Waals surface area contributed by atoms with Crippen LogP contribution in [0.15, 0.2) is 47.9 Å². The van der Waals surface area contributed by atoms with Gasteiger partial charge in [-0.1, -0.05) is 29.8 Å². The predicted octanol–water partition coefficient (Wildman–Crippen LogP) is 4.05. The fraction of sp³-hybridized carbons (Fsp3) is 0.125. The number of benzene rings is 2. The highest BCUT2D eigenvalue weighted by atomic mass is 35.5. The van der Waals surface area contributed by atoms with Crippen LogP contribution in [0, 0.1) is 11.6 Å². The number of sulfonamides is 1. The highest BCUT2D eigenvalue weighted by Crippen LogP contribution is 2.15. The fourth-order valence-corrected chi connectivity index (χ4v) is 2.82. The molecule has 0 unspecified atom stereocenters. The summed E-state index contributed by atoms with van der Waals surface area (Å²) in [7, 11) is -2.32. The topological polar surface area (TPSA) is 37.4 Å². The zero-order chi connectivity index (χ0) is 17.0. The van der Waals surface area contributed by atoms with Gasteiger partial charge >= 0.3 is 0 Å². The SMILES string of the molecule is CN(Cc1ccc(F)c(F)c1)S(=O)(=O)/C=C/c1ccc(Cl)cc1. The number of nitrogens with zero attached hydrogens (tertiary/aromatic N) is 1. The second kappa shape index (κ2) is 7.21. The molecule has 0 aliphatic rings. The van der Waals surface area contributed by atoms with Crippen molar-refractivity contribution >= 4 is 27.7 Å². The van der Waals surface area contributed by atoms with E-state index in [2.05, 4.69) is 0 Å². The first kappa shape index (κ1) is 17.6. The molecule has 0 radical (unpaired) electrons. The van der Waals surface area contributed by atoms with Gasteiger partial charge in [-0.3, -0.25) is 0 Å². The van der Waals surface area contributed by atoms with E-state index in [1.165, 1.54) is 19.2 Å². The Balaban J connectivity index is 2.11. The Labute approximate surface area is 138 Å². The molecule has 0 fully saturated rings. The van der Waals surface area contributed by atoms with Gasteiger partial charge in [-0.25, -0.2) is 17.2 Å². The molecular formula is C16H14ClF2NO2S. The third-order valence-corrected chi connectivity index (χ3v) is 4.86. The van der Waals surface area contributed by atoms with Gasteiger partial charge in [0.2, 0.25) is 10.0 Å². The maximum absolute atomic E-state index is 13.2. The Morgan fingerprint density at radius 2 is 1.74 bits per heavy atom. The molecule has 7 heteroatoms. The van der Waals surface area contributed by atoms with Gasteiger partial charge in [0.15, 0.2) is 11.6 Å². The lowest BCUT2D eigenvalue weighted by Crippen LogP contribution is -2.24. The van der Waals surface area contributed by atoms with Gasteiger partial charge < -0.3 is 0 Å². The summed E-state index contributed by atoms with van der Waals surface area (Å²) >= 11 is 5.76. The smallest absolute Gasteiger partial charge is 0.208 e. The van der Waals surface area contributed by atoms with Crippen LogP contribution in [-0.2, 0) is 16.6 Å². The Morgan fingerprint density at radius 3 is 2.35 bits per heavy atom. The van der Waals surface area contributed by atoms with E-state index in [-0.39, 0.29) is 6.54 Å². The third kappa shape index (κ3) is 4.86. The summed E-state index contributed by atoms with van der Waals surface area (Å²) in [5.74, 6) is -1.98. The van der Waals surface area contributed by atoms with Crippen LogP contribution in [0.1, 0.15) is 11.1 Å². The van der Waals surface area contributed by atoms with E-state index in [9.17, 15) is 17.2 Å². The van der Waals surface area contributed by atoms with Crippen LogP contribution in [0.4, 0.5) is 8.78 Å². The summed E-state index contributed by atoms with van der Waals surface area (Å²) in [5.41, 5.74) is 1.04. The fourth-order valence-electron chi connectivity index (χ4n) is 1.83. The molecule has 0 aromatic heterocycles. The summed E-state index contributed by atoms with van der Waals surface area (Å²) in [4.78, 5) is 0. The maximum atomic E-state index is 13.2. The number of hydrogen-bond acceptors (Lipinski definition) is 2. The molecule has 0 saturated heterocycles. The molecule has 2 aromatic carbocycles. The lowest BCUT2D eigenvalue weighted by Gasteiger charge is -2.14. The van der Waals surface area contributed by atoms with Crippen LogP contribution in [0.3, 0.4) is 0 Å².